The fourth-order valence-electron chi connectivity index (χ4n) is 3.76. The summed E-state index contributed by atoms with van der Waals surface area (Å²) in [5.41, 5.74) is 3.99. The quantitative estimate of drug-likeness (QED) is 0.773. The number of amides is 2. The molecule has 2 aromatic carbocycles. The molecule has 4 nitrogen and oxygen atoms in total. The van der Waals surface area contributed by atoms with Crippen molar-refractivity contribution in [3.8, 4) is 0 Å². The zero-order valence-electron chi connectivity index (χ0n) is 18.4. The summed E-state index contributed by atoms with van der Waals surface area (Å²) in [4.78, 5) is 27.2. The van der Waals surface area contributed by atoms with Crippen LogP contribution < -0.4 is 10.2 Å². The lowest BCUT2D eigenvalue weighted by molar-refractivity contribution is -0.122. The molecule has 0 aromatic heterocycles. The first-order valence-corrected chi connectivity index (χ1v) is 10.3. The van der Waals surface area contributed by atoms with Crippen molar-refractivity contribution in [2.24, 2.45) is 5.92 Å². The third-order valence-corrected chi connectivity index (χ3v) is 5.53. The molecule has 1 aliphatic rings. The molecule has 29 heavy (non-hydrogen) atoms. The zero-order valence-corrected chi connectivity index (χ0v) is 18.4. The van der Waals surface area contributed by atoms with Gasteiger partial charge in [0.1, 0.15) is 0 Å². The number of anilines is 2. The summed E-state index contributed by atoms with van der Waals surface area (Å²) in [5, 5.41) is 3.06. The van der Waals surface area contributed by atoms with Gasteiger partial charge in [-0.05, 0) is 40.2 Å². The van der Waals surface area contributed by atoms with E-state index in [4.69, 9.17) is 0 Å². The predicted molar refractivity (Wildman–Crippen MR) is 119 cm³/mol. The number of hydrogen-bond acceptors (Lipinski definition) is 2. The number of para-hydroxylation sites is 1. The van der Waals surface area contributed by atoms with E-state index in [1.807, 2.05) is 36.4 Å². The van der Waals surface area contributed by atoms with E-state index in [2.05, 4.69) is 59.0 Å². The second-order valence-corrected chi connectivity index (χ2v) is 9.99. The number of carbonyl (C=O) groups excluding carboxylic acids is 2. The Balaban J connectivity index is 1.73. The molecule has 1 saturated heterocycles. The van der Waals surface area contributed by atoms with Gasteiger partial charge in [-0.2, -0.15) is 0 Å². The fraction of sp³-hybridized carbons (Fsp3) is 0.440. The Morgan fingerprint density at radius 3 is 2.14 bits per heavy atom. The van der Waals surface area contributed by atoms with Crippen LogP contribution in [0.3, 0.4) is 0 Å². The van der Waals surface area contributed by atoms with Crippen LogP contribution in [0.4, 0.5) is 11.4 Å². The number of carbonyl (C=O) groups is 2. The monoisotopic (exact) mass is 392 g/mol. The number of benzene rings is 2. The molecule has 2 amide bonds. The largest absolute Gasteiger partial charge is 0.326 e. The highest BCUT2D eigenvalue weighted by Crippen LogP contribution is 2.32. The molecule has 154 valence electrons. The van der Waals surface area contributed by atoms with Crippen molar-refractivity contribution in [3.63, 3.8) is 0 Å². The minimum Gasteiger partial charge on any atom is -0.326 e. The van der Waals surface area contributed by atoms with Crippen LogP contribution in [-0.4, -0.2) is 18.4 Å². The first kappa shape index (κ1) is 21.1. The van der Waals surface area contributed by atoms with Crippen molar-refractivity contribution < 1.29 is 9.59 Å². The van der Waals surface area contributed by atoms with Gasteiger partial charge in [0.25, 0.3) is 0 Å². The molecule has 3 rings (SSSR count). The van der Waals surface area contributed by atoms with Crippen LogP contribution >= 0.6 is 0 Å². The van der Waals surface area contributed by atoms with Crippen molar-refractivity contribution in [2.45, 2.75) is 58.8 Å². The Morgan fingerprint density at radius 2 is 1.55 bits per heavy atom. The third kappa shape index (κ3) is 4.69. The molecule has 1 N–H and O–H groups in total. The highest BCUT2D eigenvalue weighted by atomic mass is 16.2. The van der Waals surface area contributed by atoms with Crippen molar-refractivity contribution in [3.05, 3.63) is 59.7 Å². The van der Waals surface area contributed by atoms with Crippen LogP contribution in [0.5, 0.6) is 0 Å². The Bertz CT molecular complexity index is 902. The highest BCUT2D eigenvalue weighted by Gasteiger charge is 2.35. The van der Waals surface area contributed by atoms with Gasteiger partial charge in [-0.3, -0.25) is 9.59 Å². The molecule has 2 aromatic rings. The summed E-state index contributed by atoms with van der Waals surface area (Å²) in [6.45, 7) is 13.3. The van der Waals surface area contributed by atoms with Gasteiger partial charge in [-0.15, -0.1) is 0 Å². The second kappa shape index (κ2) is 7.66. The van der Waals surface area contributed by atoms with E-state index in [9.17, 15) is 9.59 Å². The Hall–Kier alpha value is -2.62. The second-order valence-electron chi connectivity index (χ2n) is 9.99. The minimum absolute atomic E-state index is 0.00207. The summed E-state index contributed by atoms with van der Waals surface area (Å²) >= 11 is 0. The molecular weight excluding hydrogens is 360 g/mol. The summed E-state index contributed by atoms with van der Waals surface area (Å²) < 4.78 is 0. The number of hydrogen-bond donors (Lipinski definition) is 1. The molecule has 0 unspecified atom stereocenters. The number of nitrogens with zero attached hydrogens (tertiary/aromatic N) is 1. The van der Waals surface area contributed by atoms with Crippen LogP contribution in [0, 0.1) is 5.92 Å². The molecule has 0 aliphatic carbocycles. The van der Waals surface area contributed by atoms with Gasteiger partial charge in [-0.25, -0.2) is 0 Å². The van der Waals surface area contributed by atoms with Crippen molar-refractivity contribution >= 4 is 23.2 Å². The van der Waals surface area contributed by atoms with Gasteiger partial charge in [0.15, 0.2) is 0 Å². The van der Waals surface area contributed by atoms with Crippen molar-refractivity contribution in [1.29, 1.82) is 0 Å². The maximum Gasteiger partial charge on any atom is 0.229 e. The Labute approximate surface area is 174 Å². The van der Waals surface area contributed by atoms with Crippen LogP contribution in [0.25, 0.3) is 0 Å². The standard InChI is InChI=1S/C25H32N2O2/c1-24(2,3)18-11-13-19(14-12-18)27-16-17(15-22(27)28)23(29)26-21-10-8-7-9-20(21)25(4,5)6/h7-14,17H,15-16H2,1-6H3,(H,26,29)/t17-/m0/s1. The van der Waals surface area contributed by atoms with Gasteiger partial charge in [-0.1, -0.05) is 71.9 Å². The van der Waals surface area contributed by atoms with Crippen LogP contribution in [0.1, 0.15) is 59.1 Å². The molecule has 1 heterocycles. The molecule has 0 radical (unpaired) electrons. The van der Waals surface area contributed by atoms with E-state index in [1.54, 1.807) is 4.90 Å². The van der Waals surface area contributed by atoms with Gasteiger partial charge >= 0.3 is 0 Å². The summed E-state index contributed by atoms with van der Waals surface area (Å²) in [7, 11) is 0. The zero-order chi connectivity index (χ0) is 21.4. The maximum absolute atomic E-state index is 12.9. The lowest BCUT2D eigenvalue weighted by atomic mass is 9.85. The van der Waals surface area contributed by atoms with E-state index < -0.39 is 0 Å². The van der Waals surface area contributed by atoms with Crippen LogP contribution in [-0.2, 0) is 20.4 Å². The molecular formula is C25H32N2O2. The van der Waals surface area contributed by atoms with Gasteiger partial charge in [0.2, 0.25) is 11.8 Å². The van der Waals surface area contributed by atoms with E-state index in [0.29, 0.717) is 6.54 Å². The topological polar surface area (TPSA) is 49.4 Å². The summed E-state index contributed by atoms with van der Waals surface area (Å²) in [5.74, 6) is -0.445. The van der Waals surface area contributed by atoms with E-state index in [-0.39, 0.29) is 35.0 Å². The predicted octanol–water partition coefficient (Wildman–Crippen LogP) is 5.27. The molecule has 1 aliphatic heterocycles. The molecule has 4 heteroatoms. The first-order chi connectivity index (χ1) is 13.5. The molecule has 0 saturated carbocycles. The summed E-state index contributed by atoms with van der Waals surface area (Å²) in [6.07, 6.45) is 0.241. The van der Waals surface area contributed by atoms with Gasteiger partial charge < -0.3 is 10.2 Å². The average Bonchev–Trinajstić information content (AvgIpc) is 3.02. The number of nitrogens with one attached hydrogen (secondary N) is 1. The normalized spacial score (nSPS) is 17.5. The SMILES string of the molecule is CC(C)(C)c1ccc(N2C[C@@H](C(=O)Nc3ccccc3C(C)(C)C)CC2=O)cc1. The smallest absolute Gasteiger partial charge is 0.229 e. The fourth-order valence-corrected chi connectivity index (χ4v) is 3.76. The van der Waals surface area contributed by atoms with E-state index in [1.165, 1.54) is 5.56 Å². The molecule has 1 atom stereocenters. The molecule has 0 bridgehead atoms. The van der Waals surface area contributed by atoms with E-state index >= 15 is 0 Å². The lowest BCUT2D eigenvalue weighted by Gasteiger charge is -2.24. The first-order valence-electron chi connectivity index (χ1n) is 10.3. The highest BCUT2D eigenvalue weighted by molar-refractivity contribution is 6.03. The summed E-state index contributed by atoms with van der Waals surface area (Å²) in [6, 6.07) is 16.0. The molecule has 1 fully saturated rings. The number of rotatable bonds is 3. The third-order valence-electron chi connectivity index (χ3n) is 5.53. The molecule has 0 spiro atoms. The Kier molecular flexibility index (Phi) is 5.57. The Morgan fingerprint density at radius 1 is 0.931 bits per heavy atom. The van der Waals surface area contributed by atoms with Crippen molar-refractivity contribution in [1.82, 2.24) is 0 Å². The average molecular weight is 393 g/mol. The van der Waals surface area contributed by atoms with Crippen molar-refractivity contribution in [2.75, 3.05) is 16.8 Å². The lowest BCUT2D eigenvalue weighted by Crippen LogP contribution is -2.29. The minimum atomic E-state index is -0.349. The maximum atomic E-state index is 12.9. The van der Waals surface area contributed by atoms with Crippen LogP contribution in [0.2, 0.25) is 0 Å². The van der Waals surface area contributed by atoms with Crippen LogP contribution in [0.15, 0.2) is 48.5 Å². The van der Waals surface area contributed by atoms with E-state index in [0.717, 1.165) is 16.9 Å². The van der Waals surface area contributed by atoms with Gasteiger partial charge in [0.05, 0.1) is 5.92 Å². The van der Waals surface area contributed by atoms with Gasteiger partial charge in [0, 0.05) is 24.3 Å².